The zero-order valence-electron chi connectivity index (χ0n) is 22.4. The van der Waals surface area contributed by atoms with Gasteiger partial charge in [0.1, 0.15) is 30.5 Å². The first kappa shape index (κ1) is 31.7. The van der Waals surface area contributed by atoms with Gasteiger partial charge in [-0.15, -0.1) is 0 Å². The van der Waals surface area contributed by atoms with Crippen LogP contribution in [0.4, 0.5) is 5.69 Å². The minimum Gasteiger partial charge on any atom is -0.387 e. The molecule has 37 heavy (non-hydrogen) atoms. The first-order valence-electron chi connectivity index (χ1n) is 14.3. The Kier molecular flexibility index (Phi) is 15.3. The van der Waals surface area contributed by atoms with Crippen molar-refractivity contribution in [2.75, 3.05) is 11.9 Å². The lowest BCUT2D eigenvalue weighted by atomic mass is 9.91. The fourth-order valence-corrected chi connectivity index (χ4v) is 4.77. The molecule has 1 aliphatic rings. The smallest absolute Gasteiger partial charge is 0.194 e. The van der Waals surface area contributed by atoms with Crippen LogP contribution in [-0.4, -0.2) is 74.7 Å². The van der Waals surface area contributed by atoms with E-state index in [-0.39, 0.29) is 5.56 Å². The number of carbonyl (C=O) groups is 1. The standard InChI is InChI=1S/C29H49NO7/c1-2-3-4-5-6-7-8-9-10-11-12-13-14-15-20-30-22-18-16-21(17-19-22)23(31)25(33)28-26(34)24(32)27(35)29(36)37-28/h16-19,24-30,32-36H,2-15,20H2,1H3/t24-,25?,26-,27+,28+,29-/m0/s1. The average molecular weight is 524 g/mol. The van der Waals surface area contributed by atoms with E-state index in [1.807, 2.05) is 0 Å². The van der Waals surface area contributed by atoms with Gasteiger partial charge in [0.05, 0.1) is 0 Å². The number of ketones is 1. The van der Waals surface area contributed by atoms with E-state index in [0.717, 1.165) is 18.7 Å². The Morgan fingerprint density at radius 3 is 1.76 bits per heavy atom. The van der Waals surface area contributed by atoms with Crippen molar-refractivity contribution in [3.05, 3.63) is 29.8 Å². The topological polar surface area (TPSA) is 139 Å². The molecule has 0 saturated carbocycles. The van der Waals surface area contributed by atoms with Gasteiger partial charge in [0.2, 0.25) is 0 Å². The average Bonchev–Trinajstić information content (AvgIpc) is 2.91. The van der Waals surface area contributed by atoms with Gasteiger partial charge in [-0.3, -0.25) is 4.79 Å². The van der Waals surface area contributed by atoms with Gasteiger partial charge >= 0.3 is 0 Å². The molecule has 1 unspecified atom stereocenters. The van der Waals surface area contributed by atoms with E-state index in [0.29, 0.717) is 0 Å². The lowest BCUT2D eigenvalue weighted by Crippen LogP contribution is -2.61. The van der Waals surface area contributed by atoms with Crippen LogP contribution in [-0.2, 0) is 4.74 Å². The number of benzene rings is 1. The molecule has 212 valence electrons. The van der Waals surface area contributed by atoms with Crippen LogP contribution < -0.4 is 5.32 Å². The molecule has 6 atom stereocenters. The molecule has 6 N–H and O–H groups in total. The van der Waals surface area contributed by atoms with Crippen LogP contribution in [0.1, 0.15) is 107 Å². The SMILES string of the molecule is CCCCCCCCCCCCCCCCNc1ccc(C(=O)C(O)[C@H]2O[C@H](O)[C@H](O)[C@@H](O)[C@@H]2O)cc1. The third-order valence-electron chi connectivity index (χ3n) is 7.23. The van der Waals surface area contributed by atoms with Crippen molar-refractivity contribution in [3.63, 3.8) is 0 Å². The number of unbranched alkanes of at least 4 members (excludes halogenated alkanes) is 13. The Hall–Kier alpha value is -1.55. The van der Waals surface area contributed by atoms with Gasteiger partial charge < -0.3 is 35.6 Å². The molecule has 0 aliphatic carbocycles. The van der Waals surface area contributed by atoms with Gasteiger partial charge in [0, 0.05) is 17.8 Å². The predicted molar refractivity (Wildman–Crippen MR) is 144 cm³/mol. The van der Waals surface area contributed by atoms with Crippen molar-refractivity contribution in [2.24, 2.45) is 0 Å². The number of carbonyl (C=O) groups excluding carboxylic acids is 1. The van der Waals surface area contributed by atoms with E-state index >= 15 is 0 Å². The summed E-state index contributed by atoms with van der Waals surface area (Å²) in [7, 11) is 0. The molecule has 0 bridgehead atoms. The molecule has 1 aromatic rings. The lowest BCUT2D eigenvalue weighted by Gasteiger charge is -2.39. The summed E-state index contributed by atoms with van der Waals surface area (Å²) in [4.78, 5) is 12.6. The maximum Gasteiger partial charge on any atom is 0.194 e. The van der Waals surface area contributed by atoms with Crippen molar-refractivity contribution in [2.45, 2.75) is 134 Å². The predicted octanol–water partition coefficient (Wildman–Crippen LogP) is 3.92. The van der Waals surface area contributed by atoms with Gasteiger partial charge in [-0.1, -0.05) is 90.4 Å². The fourth-order valence-electron chi connectivity index (χ4n) is 4.77. The maximum absolute atomic E-state index is 12.6. The van der Waals surface area contributed by atoms with Crippen molar-refractivity contribution >= 4 is 11.5 Å². The van der Waals surface area contributed by atoms with Crippen molar-refractivity contribution in [3.8, 4) is 0 Å². The monoisotopic (exact) mass is 523 g/mol. The Labute approximate surface area is 222 Å². The van der Waals surface area contributed by atoms with Crippen LogP contribution in [0.25, 0.3) is 0 Å². The molecule has 1 aliphatic heterocycles. The zero-order chi connectivity index (χ0) is 27.0. The molecule has 1 heterocycles. The molecule has 0 aromatic heterocycles. The number of Topliss-reactive ketones (excluding diaryl/α,β-unsaturated/α-hetero) is 1. The summed E-state index contributed by atoms with van der Waals surface area (Å²) < 4.78 is 4.96. The highest BCUT2D eigenvalue weighted by molar-refractivity contribution is 6.00. The molecule has 1 aromatic carbocycles. The highest BCUT2D eigenvalue weighted by Crippen LogP contribution is 2.24. The molecule has 0 amide bonds. The van der Waals surface area contributed by atoms with E-state index in [1.165, 1.54) is 83.5 Å². The summed E-state index contributed by atoms with van der Waals surface area (Å²) in [5.74, 6) is -0.710. The zero-order valence-corrected chi connectivity index (χ0v) is 22.4. The molecule has 2 rings (SSSR count). The summed E-state index contributed by atoms with van der Waals surface area (Å²) in [6.45, 7) is 3.10. The Morgan fingerprint density at radius 1 is 0.757 bits per heavy atom. The quantitative estimate of drug-likeness (QED) is 0.118. The van der Waals surface area contributed by atoms with Crippen LogP contribution in [0.2, 0.25) is 0 Å². The fraction of sp³-hybridized carbons (Fsp3) is 0.759. The summed E-state index contributed by atoms with van der Waals surface area (Å²) in [5.41, 5.74) is 1.07. The summed E-state index contributed by atoms with van der Waals surface area (Å²) in [6.07, 6.45) is 8.15. The highest BCUT2D eigenvalue weighted by Gasteiger charge is 2.47. The second-order valence-electron chi connectivity index (χ2n) is 10.4. The number of rotatable bonds is 19. The Balaban J connectivity index is 1.55. The summed E-state index contributed by atoms with van der Waals surface area (Å²) >= 11 is 0. The maximum atomic E-state index is 12.6. The molecular formula is C29H49NO7. The molecule has 0 spiro atoms. The van der Waals surface area contributed by atoms with E-state index < -0.39 is 42.6 Å². The number of hydrogen-bond donors (Lipinski definition) is 6. The minimum absolute atomic E-state index is 0.209. The van der Waals surface area contributed by atoms with Crippen molar-refractivity contribution in [1.82, 2.24) is 0 Å². The van der Waals surface area contributed by atoms with Gasteiger partial charge in [0.15, 0.2) is 12.1 Å². The van der Waals surface area contributed by atoms with E-state index in [4.69, 9.17) is 4.74 Å². The van der Waals surface area contributed by atoms with E-state index in [2.05, 4.69) is 12.2 Å². The van der Waals surface area contributed by atoms with Gasteiger partial charge in [-0.25, -0.2) is 0 Å². The van der Waals surface area contributed by atoms with Crippen LogP contribution in [0.15, 0.2) is 24.3 Å². The van der Waals surface area contributed by atoms with Crippen LogP contribution in [0.5, 0.6) is 0 Å². The molecular weight excluding hydrogens is 474 g/mol. The number of nitrogens with one attached hydrogen (secondary N) is 1. The first-order chi connectivity index (χ1) is 17.9. The molecule has 0 radical (unpaired) electrons. The number of ether oxygens (including phenoxy) is 1. The number of anilines is 1. The van der Waals surface area contributed by atoms with Gasteiger partial charge in [-0.2, -0.15) is 0 Å². The summed E-state index contributed by atoms with van der Waals surface area (Å²) in [6, 6.07) is 6.62. The number of hydrogen-bond acceptors (Lipinski definition) is 8. The molecule has 8 heteroatoms. The molecule has 1 fully saturated rings. The second-order valence-corrected chi connectivity index (χ2v) is 10.4. The third-order valence-corrected chi connectivity index (χ3v) is 7.23. The highest BCUT2D eigenvalue weighted by atomic mass is 16.6. The van der Waals surface area contributed by atoms with Crippen molar-refractivity contribution < 1.29 is 35.1 Å². The summed E-state index contributed by atoms with van der Waals surface area (Å²) in [5, 5.41) is 52.7. The van der Waals surface area contributed by atoms with Gasteiger partial charge in [-0.05, 0) is 30.7 Å². The van der Waals surface area contributed by atoms with Crippen LogP contribution in [0, 0.1) is 0 Å². The normalized spacial score (nSPS) is 24.6. The Bertz CT molecular complexity index is 744. The largest absolute Gasteiger partial charge is 0.387 e. The van der Waals surface area contributed by atoms with Crippen LogP contribution in [0.3, 0.4) is 0 Å². The number of aliphatic hydroxyl groups is 5. The Morgan fingerprint density at radius 2 is 1.24 bits per heavy atom. The van der Waals surface area contributed by atoms with Crippen LogP contribution >= 0.6 is 0 Å². The van der Waals surface area contributed by atoms with E-state index in [1.54, 1.807) is 24.3 Å². The van der Waals surface area contributed by atoms with Crippen molar-refractivity contribution in [1.29, 1.82) is 0 Å². The molecule has 8 nitrogen and oxygen atoms in total. The first-order valence-corrected chi connectivity index (χ1v) is 14.3. The third kappa shape index (κ3) is 11.0. The second kappa shape index (κ2) is 17.9. The lowest BCUT2D eigenvalue weighted by molar-refractivity contribution is -0.292. The van der Waals surface area contributed by atoms with Gasteiger partial charge in [0.25, 0.3) is 0 Å². The molecule has 1 saturated heterocycles. The van der Waals surface area contributed by atoms with E-state index in [9.17, 15) is 30.3 Å². The minimum atomic E-state index is -1.81. The number of aliphatic hydroxyl groups excluding tert-OH is 5.